The van der Waals surface area contributed by atoms with Gasteiger partial charge in [0.05, 0.1) is 11.7 Å². The first-order chi connectivity index (χ1) is 22.8. The number of rotatable bonds is 7. The van der Waals surface area contributed by atoms with Crippen molar-refractivity contribution in [3.8, 4) is 23.3 Å². The Kier molecular flexibility index (Phi) is 8.28. The van der Waals surface area contributed by atoms with Crippen LogP contribution in [0.2, 0.25) is 0 Å². The maximum absolute atomic E-state index is 17.6. The van der Waals surface area contributed by atoms with E-state index >= 15 is 4.39 Å². The number of esters is 3. The van der Waals surface area contributed by atoms with E-state index in [0.717, 1.165) is 0 Å². The van der Waals surface area contributed by atoms with E-state index in [9.17, 15) is 29.5 Å². The number of hydrogen-bond donors (Lipinski definition) is 1. The predicted octanol–water partition coefficient (Wildman–Crippen LogP) is 5.74. The van der Waals surface area contributed by atoms with E-state index in [1.165, 1.54) is 49.4 Å². The zero-order valence-electron chi connectivity index (χ0n) is 26.9. The van der Waals surface area contributed by atoms with Gasteiger partial charge in [0, 0.05) is 29.7 Å². The van der Waals surface area contributed by atoms with Gasteiger partial charge in [-0.1, -0.05) is 24.6 Å². The maximum Gasteiger partial charge on any atom is 0.352 e. The molecule has 3 saturated carbocycles. The average molecular weight is 658 g/mol. The molecule has 1 N–H and O–H groups in total. The highest BCUT2D eigenvalue weighted by atomic mass is 19.1. The van der Waals surface area contributed by atoms with Crippen molar-refractivity contribution in [1.29, 1.82) is 5.26 Å². The number of allylic oxidation sites excluding steroid dienone is 4. The molecule has 0 saturated heterocycles. The van der Waals surface area contributed by atoms with Crippen LogP contribution in [-0.4, -0.2) is 52.8 Å². The summed E-state index contributed by atoms with van der Waals surface area (Å²) in [6.07, 6.45) is 3.65. The number of carbonyl (C=O) groups excluding carboxylic acids is 4. The summed E-state index contributed by atoms with van der Waals surface area (Å²) in [5, 5.41) is 20.9. The smallest absolute Gasteiger partial charge is 0.352 e. The van der Waals surface area contributed by atoms with Crippen LogP contribution in [0.15, 0.2) is 72.3 Å². The molecule has 0 amide bonds. The lowest BCUT2D eigenvalue weighted by molar-refractivity contribution is -0.224. The van der Waals surface area contributed by atoms with Gasteiger partial charge in [-0.25, -0.2) is 14.0 Å². The fraction of sp³-hybridized carbons (Fsp3) is 0.432. The summed E-state index contributed by atoms with van der Waals surface area (Å²) < 4.78 is 39.9. The van der Waals surface area contributed by atoms with Gasteiger partial charge in [0.15, 0.2) is 18.1 Å². The number of alkyl halides is 1. The van der Waals surface area contributed by atoms with Crippen molar-refractivity contribution in [1.82, 2.24) is 0 Å². The monoisotopic (exact) mass is 657 g/mol. The third-order valence-electron chi connectivity index (χ3n) is 11.0. The van der Waals surface area contributed by atoms with Gasteiger partial charge < -0.3 is 24.1 Å². The number of carbonyl (C=O) groups is 4. The minimum Gasteiger partial charge on any atom is -0.457 e. The number of nitrogens with zero attached hydrogens (tertiary/aromatic N) is 1. The molecular formula is C37H36FNO9. The summed E-state index contributed by atoms with van der Waals surface area (Å²) in [7, 11) is 0. The Morgan fingerprint density at radius 2 is 1.77 bits per heavy atom. The zero-order chi connectivity index (χ0) is 34.5. The third kappa shape index (κ3) is 5.10. The van der Waals surface area contributed by atoms with Gasteiger partial charge in [0.1, 0.15) is 23.3 Å². The lowest BCUT2D eigenvalue weighted by atomic mass is 9.45. The van der Waals surface area contributed by atoms with Crippen molar-refractivity contribution >= 4 is 23.7 Å². The molecule has 6 rings (SSSR count). The van der Waals surface area contributed by atoms with Crippen LogP contribution in [-0.2, 0) is 23.9 Å². The summed E-state index contributed by atoms with van der Waals surface area (Å²) in [4.78, 5) is 51.0. The molecule has 3 fully saturated rings. The van der Waals surface area contributed by atoms with E-state index in [2.05, 4.69) is 0 Å². The van der Waals surface area contributed by atoms with Gasteiger partial charge in [-0.05, 0) is 93.5 Å². The van der Waals surface area contributed by atoms with E-state index in [-0.39, 0.29) is 24.2 Å². The number of nitriles is 1. The molecule has 4 aliphatic rings. The second-order valence-corrected chi connectivity index (χ2v) is 13.4. The van der Waals surface area contributed by atoms with Crippen molar-refractivity contribution in [3.05, 3.63) is 77.9 Å². The molecule has 0 aliphatic heterocycles. The summed E-state index contributed by atoms with van der Waals surface area (Å²) in [6, 6.07) is 14.2. The highest BCUT2D eigenvalue weighted by Gasteiger charge is 2.76. The van der Waals surface area contributed by atoms with Gasteiger partial charge in [0.25, 0.3) is 0 Å². The third-order valence-corrected chi connectivity index (χ3v) is 11.0. The van der Waals surface area contributed by atoms with Crippen LogP contribution in [0.5, 0.6) is 17.2 Å². The standard InChI is InChI=1S/C37H36FNO9/c1-22(40)46-27-5-4-6-28(20-27)47-26-10-7-23(8-11-26)32(43)48-36(33(44)45-18-17-39)16-14-29-30-12-9-24-19-25(41)13-15-34(24,2)37(30,38)31(42)21-35(29,36)3/h4-8,10-11,13,15,19-20,29-31,42H,9,12,14,16,18,21H2,1-3H3/t29-,30-,31-,34-,35-,36-,37-/m0/s1. The van der Waals surface area contributed by atoms with Crippen LogP contribution in [0.1, 0.15) is 63.2 Å². The van der Waals surface area contributed by atoms with E-state index in [1.807, 2.05) is 0 Å². The molecular weight excluding hydrogens is 621 g/mol. The highest BCUT2D eigenvalue weighted by molar-refractivity contribution is 6.01. The topological polar surface area (TPSA) is 149 Å². The molecule has 0 bridgehead atoms. The minimum atomic E-state index is -2.14. The Morgan fingerprint density at radius 1 is 1.04 bits per heavy atom. The molecule has 2 aromatic carbocycles. The van der Waals surface area contributed by atoms with Crippen molar-refractivity contribution < 1.29 is 47.6 Å². The van der Waals surface area contributed by atoms with E-state index in [1.54, 1.807) is 44.2 Å². The first-order valence-corrected chi connectivity index (χ1v) is 15.9. The molecule has 7 atom stereocenters. The first kappa shape index (κ1) is 33.1. The quantitative estimate of drug-likeness (QED) is 0.289. The van der Waals surface area contributed by atoms with Crippen molar-refractivity contribution in [2.45, 2.75) is 70.2 Å². The second kappa shape index (κ2) is 12.0. The van der Waals surface area contributed by atoms with Crippen LogP contribution < -0.4 is 9.47 Å². The zero-order valence-corrected chi connectivity index (χ0v) is 26.9. The van der Waals surface area contributed by atoms with Crippen LogP contribution in [0.3, 0.4) is 0 Å². The van der Waals surface area contributed by atoms with E-state index in [4.69, 9.17) is 18.9 Å². The summed E-state index contributed by atoms with van der Waals surface area (Å²) in [5.74, 6) is -2.59. The fourth-order valence-electron chi connectivity index (χ4n) is 8.74. The van der Waals surface area contributed by atoms with Crippen LogP contribution in [0.4, 0.5) is 4.39 Å². The van der Waals surface area contributed by atoms with Crippen molar-refractivity contribution in [2.24, 2.45) is 22.7 Å². The molecule has 10 nitrogen and oxygen atoms in total. The molecule has 11 heteroatoms. The molecule has 0 heterocycles. The molecule has 0 unspecified atom stereocenters. The van der Waals surface area contributed by atoms with E-state index in [0.29, 0.717) is 42.1 Å². The van der Waals surface area contributed by atoms with Crippen LogP contribution in [0.25, 0.3) is 0 Å². The number of fused-ring (bicyclic) bond motifs is 5. The molecule has 4 aliphatic carbocycles. The summed E-state index contributed by atoms with van der Waals surface area (Å²) in [5.41, 5.74) is -5.78. The Hall–Kier alpha value is -4.82. The van der Waals surface area contributed by atoms with Gasteiger partial charge in [0.2, 0.25) is 5.60 Å². The highest BCUT2D eigenvalue weighted by Crippen LogP contribution is 2.70. The number of benzene rings is 2. The Bertz CT molecular complexity index is 1780. The molecule has 0 radical (unpaired) electrons. The maximum atomic E-state index is 17.6. The number of aliphatic hydroxyl groups excluding tert-OH is 1. The average Bonchev–Trinajstić information content (AvgIpc) is 3.33. The number of aliphatic hydroxyl groups is 1. The Labute approximate surface area is 277 Å². The predicted molar refractivity (Wildman–Crippen MR) is 167 cm³/mol. The molecule has 0 aromatic heterocycles. The molecule has 48 heavy (non-hydrogen) atoms. The van der Waals surface area contributed by atoms with Crippen LogP contribution >= 0.6 is 0 Å². The van der Waals surface area contributed by atoms with Crippen molar-refractivity contribution in [3.63, 3.8) is 0 Å². The Balaban J connectivity index is 1.28. The summed E-state index contributed by atoms with van der Waals surface area (Å²) >= 11 is 0. The minimum absolute atomic E-state index is 0.0110. The number of hydrogen-bond acceptors (Lipinski definition) is 10. The van der Waals surface area contributed by atoms with Gasteiger partial charge >= 0.3 is 17.9 Å². The first-order valence-electron chi connectivity index (χ1n) is 15.9. The molecule has 250 valence electrons. The normalized spacial score (nSPS) is 33.2. The number of halogens is 1. The van der Waals surface area contributed by atoms with E-state index < -0.39 is 64.6 Å². The van der Waals surface area contributed by atoms with Crippen LogP contribution in [0, 0.1) is 34.0 Å². The summed E-state index contributed by atoms with van der Waals surface area (Å²) in [6.45, 7) is 4.14. The van der Waals surface area contributed by atoms with Gasteiger partial charge in [-0.15, -0.1) is 0 Å². The largest absolute Gasteiger partial charge is 0.457 e. The second-order valence-electron chi connectivity index (χ2n) is 13.4. The lowest BCUT2D eigenvalue weighted by Crippen LogP contribution is -2.69. The number of ether oxygens (including phenoxy) is 4. The van der Waals surface area contributed by atoms with Crippen molar-refractivity contribution in [2.75, 3.05) is 6.61 Å². The van der Waals surface area contributed by atoms with Gasteiger partial charge in [-0.3, -0.25) is 9.59 Å². The molecule has 2 aromatic rings. The van der Waals surface area contributed by atoms with Gasteiger partial charge in [-0.2, -0.15) is 5.26 Å². The number of ketones is 1. The fourth-order valence-corrected chi connectivity index (χ4v) is 8.74. The SMILES string of the molecule is CC(=O)Oc1cccc(Oc2ccc(C(=O)O[C@]3(C(=O)OCC#N)CC[C@H]4[C@@H]5CCC6=CC(=O)C=C[C@]6(C)[C@@]5(F)[C@@H](O)C[C@@]43C)cc2)c1. The molecule has 0 spiro atoms. The Morgan fingerprint density at radius 3 is 2.48 bits per heavy atom. The lowest BCUT2D eigenvalue weighted by Gasteiger charge is -2.62.